The zero-order chi connectivity index (χ0) is 14.3. The second kappa shape index (κ2) is 8.07. The Labute approximate surface area is 112 Å². The molecule has 2 N–H and O–H groups in total. The first-order valence-electron chi connectivity index (χ1n) is 6.48. The SMILES string of the molecule is CCOCCCOc1c(F)cc(CC(C)N)cc1F. The predicted molar refractivity (Wildman–Crippen MR) is 70.3 cm³/mol. The zero-order valence-electron chi connectivity index (χ0n) is 11.4. The molecule has 0 fully saturated rings. The van der Waals surface area contributed by atoms with Crippen molar-refractivity contribution in [2.24, 2.45) is 5.73 Å². The van der Waals surface area contributed by atoms with Crippen LogP contribution in [0.1, 0.15) is 25.8 Å². The van der Waals surface area contributed by atoms with Crippen LogP contribution in [0.15, 0.2) is 12.1 Å². The van der Waals surface area contributed by atoms with Gasteiger partial charge in [0.15, 0.2) is 17.4 Å². The minimum atomic E-state index is -0.688. The molecule has 1 aromatic rings. The molecule has 1 rings (SSSR count). The summed E-state index contributed by atoms with van der Waals surface area (Å²) in [5.74, 6) is -1.70. The highest BCUT2D eigenvalue weighted by Gasteiger charge is 2.13. The van der Waals surface area contributed by atoms with Crippen LogP contribution in [0.4, 0.5) is 8.78 Å². The maximum Gasteiger partial charge on any atom is 0.190 e. The summed E-state index contributed by atoms with van der Waals surface area (Å²) in [6.45, 7) is 5.03. The zero-order valence-corrected chi connectivity index (χ0v) is 11.4. The Bertz CT molecular complexity index is 374. The fourth-order valence-corrected chi connectivity index (χ4v) is 1.72. The molecule has 19 heavy (non-hydrogen) atoms. The van der Waals surface area contributed by atoms with Gasteiger partial charge >= 0.3 is 0 Å². The smallest absolute Gasteiger partial charge is 0.190 e. The van der Waals surface area contributed by atoms with Crippen LogP contribution in [0.5, 0.6) is 5.75 Å². The third-order valence-electron chi connectivity index (χ3n) is 2.50. The Hall–Kier alpha value is -1.20. The highest BCUT2D eigenvalue weighted by molar-refractivity contribution is 5.31. The highest BCUT2D eigenvalue weighted by Crippen LogP contribution is 2.24. The molecule has 0 spiro atoms. The topological polar surface area (TPSA) is 44.5 Å². The van der Waals surface area contributed by atoms with E-state index in [1.165, 1.54) is 12.1 Å². The van der Waals surface area contributed by atoms with Gasteiger partial charge in [-0.3, -0.25) is 0 Å². The van der Waals surface area contributed by atoms with Gasteiger partial charge in [0.1, 0.15) is 0 Å². The second-order valence-corrected chi connectivity index (χ2v) is 4.47. The van der Waals surface area contributed by atoms with Gasteiger partial charge in [-0.25, -0.2) is 8.78 Å². The summed E-state index contributed by atoms with van der Waals surface area (Å²) in [5.41, 5.74) is 6.13. The molecule has 0 heterocycles. The van der Waals surface area contributed by atoms with E-state index in [0.717, 1.165) is 0 Å². The van der Waals surface area contributed by atoms with Gasteiger partial charge in [-0.05, 0) is 38.0 Å². The van der Waals surface area contributed by atoms with Gasteiger partial charge in [0.05, 0.1) is 6.61 Å². The van der Waals surface area contributed by atoms with Crippen LogP contribution in [0.2, 0.25) is 0 Å². The van der Waals surface area contributed by atoms with E-state index in [1.54, 1.807) is 6.92 Å². The van der Waals surface area contributed by atoms with Gasteiger partial charge in [-0.2, -0.15) is 0 Å². The molecule has 0 saturated carbocycles. The molecular weight excluding hydrogens is 252 g/mol. The number of nitrogens with two attached hydrogens (primary N) is 1. The minimum absolute atomic E-state index is 0.142. The number of halogens is 2. The molecule has 0 saturated heterocycles. The largest absolute Gasteiger partial charge is 0.488 e. The van der Waals surface area contributed by atoms with Crippen LogP contribution in [0, 0.1) is 11.6 Å². The molecule has 0 aliphatic rings. The summed E-state index contributed by atoms with van der Waals surface area (Å²) in [6.07, 6.45) is 1.02. The van der Waals surface area contributed by atoms with Crippen molar-refractivity contribution in [2.45, 2.75) is 32.7 Å². The third kappa shape index (κ3) is 5.53. The van der Waals surface area contributed by atoms with E-state index in [4.69, 9.17) is 15.2 Å². The molecule has 3 nitrogen and oxygen atoms in total. The van der Waals surface area contributed by atoms with E-state index in [-0.39, 0.29) is 18.4 Å². The van der Waals surface area contributed by atoms with Crippen molar-refractivity contribution < 1.29 is 18.3 Å². The lowest BCUT2D eigenvalue weighted by Crippen LogP contribution is -2.18. The summed E-state index contributed by atoms with van der Waals surface area (Å²) in [5, 5.41) is 0. The molecule has 1 atom stereocenters. The Morgan fingerprint density at radius 1 is 1.21 bits per heavy atom. The average molecular weight is 273 g/mol. The van der Waals surface area contributed by atoms with Crippen LogP contribution < -0.4 is 10.5 Å². The van der Waals surface area contributed by atoms with Crippen molar-refractivity contribution >= 4 is 0 Å². The van der Waals surface area contributed by atoms with Crippen molar-refractivity contribution in [1.29, 1.82) is 0 Å². The monoisotopic (exact) mass is 273 g/mol. The Balaban J connectivity index is 2.59. The number of benzene rings is 1. The Morgan fingerprint density at radius 3 is 2.37 bits per heavy atom. The molecule has 5 heteroatoms. The first kappa shape index (κ1) is 15.9. The van der Waals surface area contributed by atoms with E-state index in [2.05, 4.69) is 0 Å². The van der Waals surface area contributed by atoms with E-state index >= 15 is 0 Å². The second-order valence-electron chi connectivity index (χ2n) is 4.47. The van der Waals surface area contributed by atoms with Crippen LogP contribution in [0.3, 0.4) is 0 Å². The molecule has 1 unspecified atom stereocenters. The van der Waals surface area contributed by atoms with Crippen molar-refractivity contribution in [3.8, 4) is 5.75 Å². The van der Waals surface area contributed by atoms with Gasteiger partial charge in [0, 0.05) is 25.7 Å². The quantitative estimate of drug-likeness (QED) is 0.741. The van der Waals surface area contributed by atoms with Crippen LogP contribution in [0.25, 0.3) is 0 Å². The number of rotatable bonds is 8. The summed E-state index contributed by atoms with van der Waals surface area (Å²) < 4.78 is 37.6. The number of hydrogen-bond donors (Lipinski definition) is 1. The van der Waals surface area contributed by atoms with Gasteiger partial charge in [-0.15, -0.1) is 0 Å². The molecule has 1 aromatic carbocycles. The van der Waals surface area contributed by atoms with Gasteiger partial charge in [0.2, 0.25) is 0 Å². The number of ether oxygens (including phenoxy) is 2. The molecule has 108 valence electrons. The van der Waals surface area contributed by atoms with E-state index < -0.39 is 11.6 Å². The normalized spacial score (nSPS) is 12.5. The summed E-state index contributed by atoms with van der Waals surface area (Å²) in [4.78, 5) is 0. The summed E-state index contributed by atoms with van der Waals surface area (Å²) in [7, 11) is 0. The Morgan fingerprint density at radius 2 is 1.84 bits per heavy atom. The minimum Gasteiger partial charge on any atom is -0.488 e. The van der Waals surface area contributed by atoms with Crippen LogP contribution >= 0.6 is 0 Å². The van der Waals surface area contributed by atoms with E-state index in [9.17, 15) is 8.78 Å². The van der Waals surface area contributed by atoms with E-state index in [1.807, 2.05) is 6.92 Å². The van der Waals surface area contributed by atoms with Crippen LogP contribution in [-0.2, 0) is 11.2 Å². The standard InChI is InChI=1S/C14H21F2NO2/c1-3-18-5-4-6-19-14-12(15)8-11(7-10(2)17)9-13(14)16/h8-10H,3-7,17H2,1-2H3. The molecular formula is C14H21F2NO2. The van der Waals surface area contributed by atoms with Crippen molar-refractivity contribution in [1.82, 2.24) is 0 Å². The maximum atomic E-state index is 13.7. The lowest BCUT2D eigenvalue weighted by molar-refractivity contribution is 0.129. The molecule has 0 aromatic heterocycles. The molecule has 0 aliphatic heterocycles. The first-order valence-corrected chi connectivity index (χ1v) is 6.48. The summed E-state index contributed by atoms with van der Waals surface area (Å²) >= 11 is 0. The molecule has 0 bridgehead atoms. The van der Waals surface area contributed by atoms with Crippen molar-refractivity contribution in [3.05, 3.63) is 29.3 Å². The Kier molecular flexibility index (Phi) is 6.73. The highest BCUT2D eigenvalue weighted by atomic mass is 19.1. The average Bonchev–Trinajstić information content (AvgIpc) is 2.31. The van der Waals surface area contributed by atoms with E-state index in [0.29, 0.717) is 31.6 Å². The summed E-state index contributed by atoms with van der Waals surface area (Å²) in [6, 6.07) is 2.39. The predicted octanol–water partition coefficient (Wildman–Crippen LogP) is 2.66. The van der Waals surface area contributed by atoms with Crippen molar-refractivity contribution in [2.75, 3.05) is 19.8 Å². The fourth-order valence-electron chi connectivity index (χ4n) is 1.72. The molecule has 0 amide bonds. The van der Waals surface area contributed by atoms with Gasteiger partial charge in [0.25, 0.3) is 0 Å². The van der Waals surface area contributed by atoms with Crippen molar-refractivity contribution in [3.63, 3.8) is 0 Å². The third-order valence-corrected chi connectivity index (χ3v) is 2.50. The maximum absolute atomic E-state index is 13.7. The first-order chi connectivity index (χ1) is 9.04. The van der Waals surface area contributed by atoms with Crippen LogP contribution in [-0.4, -0.2) is 25.9 Å². The lowest BCUT2D eigenvalue weighted by atomic mass is 10.1. The molecule has 0 aliphatic carbocycles. The van der Waals surface area contributed by atoms with Gasteiger partial charge < -0.3 is 15.2 Å². The number of hydrogen-bond acceptors (Lipinski definition) is 3. The van der Waals surface area contributed by atoms with Gasteiger partial charge in [-0.1, -0.05) is 0 Å². The molecule has 0 radical (unpaired) electrons. The fraction of sp³-hybridized carbons (Fsp3) is 0.571. The lowest BCUT2D eigenvalue weighted by Gasteiger charge is -2.11.